The maximum absolute atomic E-state index is 13.1. The second-order valence-corrected chi connectivity index (χ2v) is 8.58. The summed E-state index contributed by atoms with van der Waals surface area (Å²) >= 11 is 0. The van der Waals surface area contributed by atoms with E-state index in [1.54, 1.807) is 0 Å². The highest BCUT2D eigenvalue weighted by Gasteiger charge is 2.18. The van der Waals surface area contributed by atoms with Gasteiger partial charge in [-0.15, -0.1) is 0 Å². The first-order valence-electron chi connectivity index (χ1n) is 11.4. The first-order valence-corrected chi connectivity index (χ1v) is 11.4. The number of aromatic nitrogens is 1. The third kappa shape index (κ3) is 5.29. The number of piperazine rings is 1. The smallest absolute Gasteiger partial charge is 0.162 e. The van der Waals surface area contributed by atoms with Crippen molar-refractivity contribution in [1.29, 1.82) is 0 Å². The largest absolute Gasteiger partial charge is 0.486 e. The van der Waals surface area contributed by atoms with Crippen LogP contribution in [0.2, 0.25) is 0 Å². The first-order chi connectivity index (χ1) is 16.1. The zero-order valence-electron chi connectivity index (χ0n) is 18.9. The van der Waals surface area contributed by atoms with Gasteiger partial charge in [0.1, 0.15) is 24.7 Å². The van der Waals surface area contributed by atoms with Gasteiger partial charge in [-0.1, -0.05) is 5.16 Å². The van der Waals surface area contributed by atoms with Gasteiger partial charge >= 0.3 is 0 Å². The van der Waals surface area contributed by atoms with Gasteiger partial charge in [-0.2, -0.15) is 0 Å². The third-order valence-corrected chi connectivity index (χ3v) is 6.18. The zero-order valence-corrected chi connectivity index (χ0v) is 18.9. The summed E-state index contributed by atoms with van der Waals surface area (Å²) in [6.07, 6.45) is 0. The van der Waals surface area contributed by atoms with Crippen molar-refractivity contribution in [3.05, 3.63) is 60.1 Å². The van der Waals surface area contributed by atoms with Crippen molar-refractivity contribution in [2.75, 3.05) is 64.4 Å². The average Bonchev–Trinajstić information content (AvgIpc) is 3.32. The Morgan fingerprint density at radius 1 is 0.939 bits per heavy atom. The third-order valence-electron chi connectivity index (χ3n) is 6.18. The molecule has 3 aromatic rings. The van der Waals surface area contributed by atoms with Crippen molar-refractivity contribution >= 4 is 5.69 Å². The van der Waals surface area contributed by atoms with Gasteiger partial charge in [0.2, 0.25) is 0 Å². The summed E-state index contributed by atoms with van der Waals surface area (Å²) in [4.78, 5) is 7.03. The monoisotopic (exact) mass is 452 g/mol. The van der Waals surface area contributed by atoms with E-state index in [0.29, 0.717) is 19.8 Å². The Hall–Kier alpha value is -3.10. The molecule has 0 atom stereocenters. The first kappa shape index (κ1) is 21.7. The summed E-state index contributed by atoms with van der Waals surface area (Å²) in [6.45, 7) is 7.69. The summed E-state index contributed by atoms with van der Waals surface area (Å²) in [5.74, 6) is 2.17. The summed E-state index contributed by atoms with van der Waals surface area (Å²) in [7, 11) is 2.10. The Labute approximate surface area is 193 Å². The van der Waals surface area contributed by atoms with E-state index in [1.165, 1.54) is 12.1 Å². The van der Waals surface area contributed by atoms with E-state index in [9.17, 15) is 4.39 Å². The van der Waals surface area contributed by atoms with Gasteiger partial charge in [-0.3, -0.25) is 9.80 Å². The van der Waals surface area contributed by atoms with Gasteiger partial charge in [0.25, 0.3) is 0 Å². The number of rotatable bonds is 7. The fourth-order valence-electron chi connectivity index (χ4n) is 4.27. The van der Waals surface area contributed by atoms with Crippen molar-refractivity contribution < 1.29 is 18.4 Å². The van der Waals surface area contributed by atoms with Crippen LogP contribution in [0.15, 0.2) is 53.1 Å². The van der Waals surface area contributed by atoms with E-state index < -0.39 is 0 Å². The summed E-state index contributed by atoms with van der Waals surface area (Å²) < 4.78 is 30.0. The van der Waals surface area contributed by atoms with Gasteiger partial charge in [0.05, 0.1) is 6.54 Å². The number of anilines is 1. The molecule has 0 bridgehead atoms. The predicted molar refractivity (Wildman–Crippen MR) is 124 cm³/mol. The highest BCUT2D eigenvalue weighted by atomic mass is 19.1. The van der Waals surface area contributed by atoms with Crippen LogP contribution in [-0.2, 0) is 6.54 Å². The molecule has 3 heterocycles. The van der Waals surface area contributed by atoms with Crippen molar-refractivity contribution in [3.8, 4) is 22.8 Å². The molecule has 33 heavy (non-hydrogen) atoms. The highest BCUT2D eigenvalue weighted by Crippen LogP contribution is 2.34. The lowest BCUT2D eigenvalue weighted by atomic mass is 10.1. The Kier molecular flexibility index (Phi) is 6.46. The van der Waals surface area contributed by atoms with Gasteiger partial charge < -0.3 is 18.9 Å². The van der Waals surface area contributed by atoms with Crippen LogP contribution >= 0.6 is 0 Å². The lowest BCUT2D eigenvalue weighted by Gasteiger charge is -2.36. The minimum Gasteiger partial charge on any atom is -0.486 e. The number of hydrogen-bond acceptors (Lipinski definition) is 7. The molecule has 0 aliphatic carbocycles. The molecule has 0 N–H and O–H groups in total. The molecule has 0 unspecified atom stereocenters. The standard InChI is InChI=1S/C25H29FN4O3/c1-28(8-9-29-10-12-30(13-11-29)21-5-3-20(26)4-6-21)18-22-17-23(27-33-22)19-2-7-24-25(16-19)32-15-14-31-24/h2-7,16-17H,8-15,18H2,1H3. The number of benzene rings is 2. The summed E-state index contributed by atoms with van der Waals surface area (Å²) in [6, 6.07) is 14.6. The SMILES string of the molecule is CN(CCN1CCN(c2ccc(F)cc2)CC1)Cc1cc(-c2ccc3c(c2)OCCO3)no1. The molecule has 2 aliphatic rings. The normalized spacial score (nSPS) is 16.4. The van der Waals surface area contributed by atoms with E-state index >= 15 is 0 Å². The van der Waals surface area contributed by atoms with Gasteiger partial charge in [-0.25, -0.2) is 4.39 Å². The fraction of sp³-hybridized carbons (Fsp3) is 0.400. The van der Waals surface area contributed by atoms with E-state index in [4.69, 9.17) is 14.0 Å². The van der Waals surface area contributed by atoms with Crippen molar-refractivity contribution in [1.82, 2.24) is 15.0 Å². The molecule has 2 aliphatic heterocycles. The zero-order chi connectivity index (χ0) is 22.6. The topological polar surface area (TPSA) is 54.2 Å². The molecule has 174 valence electrons. The molecule has 1 saturated heterocycles. The van der Waals surface area contributed by atoms with Crippen LogP contribution in [0.25, 0.3) is 11.3 Å². The van der Waals surface area contributed by atoms with E-state index in [-0.39, 0.29) is 5.82 Å². The Balaban J connectivity index is 1.09. The van der Waals surface area contributed by atoms with Crippen LogP contribution in [0.1, 0.15) is 5.76 Å². The Bertz CT molecular complexity index is 1060. The lowest BCUT2D eigenvalue weighted by Crippen LogP contribution is -2.48. The number of hydrogen-bond donors (Lipinski definition) is 0. The Morgan fingerprint density at radius 2 is 1.70 bits per heavy atom. The average molecular weight is 453 g/mol. The number of ether oxygens (including phenoxy) is 2. The van der Waals surface area contributed by atoms with Crippen LogP contribution in [0, 0.1) is 5.82 Å². The Morgan fingerprint density at radius 3 is 2.48 bits per heavy atom. The maximum atomic E-state index is 13.1. The number of nitrogens with zero attached hydrogens (tertiary/aromatic N) is 4. The summed E-state index contributed by atoms with van der Waals surface area (Å²) in [5, 5.41) is 4.24. The molecule has 0 amide bonds. The summed E-state index contributed by atoms with van der Waals surface area (Å²) in [5.41, 5.74) is 2.84. The molecular formula is C25H29FN4O3. The number of halogens is 1. The minimum atomic E-state index is -0.189. The molecule has 1 aromatic heterocycles. The molecular weight excluding hydrogens is 423 g/mol. The van der Waals surface area contributed by atoms with Gasteiger partial charge in [-0.05, 0) is 49.5 Å². The number of likely N-dealkylation sites (N-methyl/N-ethyl adjacent to an activating group) is 1. The molecule has 0 saturated carbocycles. The van der Waals surface area contributed by atoms with Crippen molar-refractivity contribution in [3.63, 3.8) is 0 Å². The van der Waals surface area contributed by atoms with Crippen LogP contribution in [-0.4, -0.2) is 74.5 Å². The molecule has 8 heteroatoms. The quantitative estimate of drug-likeness (QED) is 0.544. The number of fused-ring (bicyclic) bond motifs is 1. The molecule has 0 radical (unpaired) electrons. The van der Waals surface area contributed by atoms with Crippen molar-refractivity contribution in [2.24, 2.45) is 0 Å². The molecule has 2 aromatic carbocycles. The van der Waals surface area contributed by atoms with Crippen LogP contribution in [0.4, 0.5) is 10.1 Å². The molecule has 1 fully saturated rings. The van der Waals surface area contributed by atoms with Crippen LogP contribution < -0.4 is 14.4 Å². The molecule has 7 nitrogen and oxygen atoms in total. The van der Waals surface area contributed by atoms with E-state index in [0.717, 1.165) is 73.5 Å². The van der Waals surface area contributed by atoms with Crippen molar-refractivity contribution in [2.45, 2.75) is 6.54 Å². The molecule has 5 rings (SSSR count). The highest BCUT2D eigenvalue weighted by molar-refractivity contribution is 5.64. The second kappa shape index (κ2) is 9.80. The maximum Gasteiger partial charge on any atom is 0.162 e. The second-order valence-electron chi connectivity index (χ2n) is 8.58. The fourth-order valence-corrected chi connectivity index (χ4v) is 4.27. The predicted octanol–water partition coefficient (Wildman–Crippen LogP) is 3.51. The van der Waals surface area contributed by atoms with Gasteiger partial charge in [0.15, 0.2) is 17.3 Å². The van der Waals surface area contributed by atoms with Crippen LogP contribution in [0.5, 0.6) is 11.5 Å². The van der Waals surface area contributed by atoms with Gasteiger partial charge in [0, 0.05) is 56.6 Å². The minimum absolute atomic E-state index is 0.189. The molecule has 0 spiro atoms. The van der Waals surface area contributed by atoms with E-state index in [1.807, 2.05) is 36.4 Å². The van der Waals surface area contributed by atoms with E-state index in [2.05, 4.69) is 26.9 Å². The lowest BCUT2D eigenvalue weighted by molar-refractivity contribution is 0.171. The van der Waals surface area contributed by atoms with Crippen LogP contribution in [0.3, 0.4) is 0 Å².